The highest BCUT2D eigenvalue weighted by Gasteiger charge is 2.15. The molecule has 0 spiro atoms. The van der Waals surface area contributed by atoms with Gasteiger partial charge >= 0.3 is 5.97 Å². The number of esters is 1. The van der Waals surface area contributed by atoms with Gasteiger partial charge in [-0.2, -0.15) is 0 Å². The summed E-state index contributed by atoms with van der Waals surface area (Å²) in [5.74, 6) is 1.15. The topological polar surface area (TPSA) is 74.3 Å². The van der Waals surface area contributed by atoms with E-state index in [1.54, 1.807) is 13.1 Å². The Balaban J connectivity index is 1.49. The lowest BCUT2D eigenvalue weighted by Crippen LogP contribution is -2.30. The zero-order valence-corrected chi connectivity index (χ0v) is 17.1. The second-order valence-corrected chi connectivity index (χ2v) is 6.64. The van der Waals surface area contributed by atoms with Crippen molar-refractivity contribution in [3.8, 4) is 17.2 Å². The monoisotopic (exact) mass is 411 g/mol. The van der Waals surface area contributed by atoms with Crippen molar-refractivity contribution in [2.24, 2.45) is 0 Å². The quantitative estimate of drug-likeness (QED) is 0.491. The smallest absolute Gasteiger partial charge is 0.331 e. The second kappa shape index (κ2) is 10.3. The number of fused-ring (bicyclic) bond motifs is 1. The lowest BCUT2D eigenvalue weighted by atomic mass is 10.2. The maximum atomic E-state index is 12.3. The van der Waals surface area contributed by atoms with E-state index in [4.69, 9.17) is 18.9 Å². The zero-order chi connectivity index (χ0) is 21.3. The molecule has 0 fully saturated rings. The van der Waals surface area contributed by atoms with E-state index in [2.05, 4.69) is 0 Å². The number of hydrogen-bond donors (Lipinski definition) is 0. The average molecular weight is 411 g/mol. The van der Waals surface area contributed by atoms with Gasteiger partial charge in [-0.3, -0.25) is 4.79 Å². The minimum atomic E-state index is -0.595. The molecule has 0 N–H and O–H groups in total. The molecule has 0 unspecified atom stereocenters. The highest BCUT2D eigenvalue weighted by atomic mass is 16.6. The lowest BCUT2D eigenvalue weighted by molar-refractivity contribution is -0.147. The fraction of sp³-hybridized carbons (Fsp3) is 0.304. The van der Waals surface area contributed by atoms with Gasteiger partial charge in [0.25, 0.3) is 5.91 Å². The van der Waals surface area contributed by atoms with E-state index in [-0.39, 0.29) is 12.5 Å². The van der Waals surface area contributed by atoms with Gasteiger partial charge in [-0.25, -0.2) is 4.79 Å². The number of benzene rings is 2. The molecule has 2 aromatic carbocycles. The number of para-hydroxylation sites is 1. The lowest BCUT2D eigenvalue weighted by Gasteiger charge is -2.21. The SMILES string of the molecule is CCOc1ccccc1/C=C/C(=O)OCC(=O)N(C)Cc1ccc2c(c1)OCCO2. The van der Waals surface area contributed by atoms with Gasteiger partial charge in [0.1, 0.15) is 19.0 Å². The largest absolute Gasteiger partial charge is 0.493 e. The van der Waals surface area contributed by atoms with E-state index in [1.165, 1.54) is 11.0 Å². The van der Waals surface area contributed by atoms with Crippen LogP contribution in [0, 0.1) is 0 Å². The molecule has 0 bridgehead atoms. The highest BCUT2D eigenvalue weighted by molar-refractivity contribution is 5.89. The van der Waals surface area contributed by atoms with Crippen molar-refractivity contribution in [3.63, 3.8) is 0 Å². The molecule has 0 saturated carbocycles. The average Bonchev–Trinajstić information content (AvgIpc) is 2.77. The molecule has 7 nitrogen and oxygen atoms in total. The van der Waals surface area contributed by atoms with Gasteiger partial charge < -0.3 is 23.8 Å². The Bertz CT molecular complexity index is 924. The van der Waals surface area contributed by atoms with Crippen LogP contribution < -0.4 is 14.2 Å². The maximum absolute atomic E-state index is 12.3. The van der Waals surface area contributed by atoms with E-state index < -0.39 is 5.97 Å². The number of hydrogen-bond acceptors (Lipinski definition) is 6. The van der Waals surface area contributed by atoms with Crippen LogP contribution in [0.2, 0.25) is 0 Å². The number of amides is 1. The Kier molecular flexibility index (Phi) is 7.32. The first-order valence-electron chi connectivity index (χ1n) is 9.76. The first-order chi connectivity index (χ1) is 14.6. The summed E-state index contributed by atoms with van der Waals surface area (Å²) in [4.78, 5) is 25.8. The molecule has 3 rings (SSSR count). The van der Waals surface area contributed by atoms with Gasteiger partial charge in [0.15, 0.2) is 18.1 Å². The second-order valence-electron chi connectivity index (χ2n) is 6.64. The van der Waals surface area contributed by atoms with Gasteiger partial charge in [-0.15, -0.1) is 0 Å². The zero-order valence-electron chi connectivity index (χ0n) is 17.1. The minimum absolute atomic E-state index is 0.304. The van der Waals surface area contributed by atoms with E-state index in [0.29, 0.717) is 43.6 Å². The molecule has 0 saturated heterocycles. The number of rotatable bonds is 8. The predicted octanol–water partition coefficient (Wildman–Crippen LogP) is 3.07. The predicted molar refractivity (Wildman–Crippen MR) is 112 cm³/mol. The van der Waals surface area contributed by atoms with Crippen molar-refractivity contribution in [3.05, 3.63) is 59.7 Å². The molecule has 0 aliphatic carbocycles. The fourth-order valence-corrected chi connectivity index (χ4v) is 2.90. The van der Waals surface area contributed by atoms with Crippen molar-refractivity contribution in [2.75, 3.05) is 33.5 Å². The van der Waals surface area contributed by atoms with E-state index in [1.807, 2.05) is 49.4 Å². The number of nitrogens with zero attached hydrogens (tertiary/aromatic N) is 1. The molecule has 0 aromatic heterocycles. The molecule has 1 heterocycles. The number of carbonyl (C=O) groups excluding carboxylic acids is 2. The summed E-state index contributed by atoms with van der Waals surface area (Å²) < 4.78 is 21.6. The summed E-state index contributed by atoms with van der Waals surface area (Å²) in [6.45, 7) is 3.48. The van der Waals surface area contributed by atoms with Crippen LogP contribution in [0.3, 0.4) is 0 Å². The minimum Gasteiger partial charge on any atom is -0.493 e. The maximum Gasteiger partial charge on any atom is 0.331 e. The third-order valence-electron chi connectivity index (χ3n) is 4.41. The van der Waals surface area contributed by atoms with Crippen LogP contribution in [-0.2, 0) is 20.9 Å². The van der Waals surface area contributed by atoms with Crippen LogP contribution in [0.25, 0.3) is 6.08 Å². The summed E-state index contributed by atoms with van der Waals surface area (Å²) in [7, 11) is 1.65. The molecule has 0 atom stereocenters. The molecular weight excluding hydrogens is 386 g/mol. The van der Waals surface area contributed by atoms with Crippen LogP contribution in [0.1, 0.15) is 18.1 Å². The number of likely N-dealkylation sites (N-methyl/N-ethyl adjacent to an activating group) is 1. The van der Waals surface area contributed by atoms with Crippen LogP contribution >= 0.6 is 0 Å². The highest BCUT2D eigenvalue weighted by Crippen LogP contribution is 2.31. The van der Waals surface area contributed by atoms with Gasteiger partial charge in [0.2, 0.25) is 0 Å². The van der Waals surface area contributed by atoms with Crippen molar-refractivity contribution >= 4 is 18.0 Å². The van der Waals surface area contributed by atoms with Crippen molar-refractivity contribution in [2.45, 2.75) is 13.5 Å². The van der Waals surface area contributed by atoms with Gasteiger partial charge in [0.05, 0.1) is 6.61 Å². The van der Waals surface area contributed by atoms with E-state index >= 15 is 0 Å². The van der Waals surface area contributed by atoms with Crippen LogP contribution in [-0.4, -0.2) is 50.3 Å². The molecule has 7 heteroatoms. The van der Waals surface area contributed by atoms with Crippen molar-refractivity contribution in [1.29, 1.82) is 0 Å². The first kappa shape index (κ1) is 21.2. The standard InChI is InChI=1S/C23H25NO6/c1-3-27-19-7-5-4-6-18(19)9-11-23(26)30-16-22(25)24(2)15-17-8-10-20-21(14-17)29-13-12-28-20/h4-11,14H,3,12-13,15-16H2,1-2H3/b11-9+. The van der Waals surface area contributed by atoms with Gasteiger partial charge in [0, 0.05) is 25.2 Å². The molecule has 158 valence electrons. The molecule has 2 aromatic rings. The Morgan fingerprint density at radius 2 is 1.87 bits per heavy atom. The normalized spacial score (nSPS) is 12.5. The Hall–Kier alpha value is -3.48. The Morgan fingerprint density at radius 3 is 2.67 bits per heavy atom. The van der Waals surface area contributed by atoms with Crippen molar-refractivity contribution in [1.82, 2.24) is 4.90 Å². The molecule has 0 radical (unpaired) electrons. The molecule has 1 aliphatic rings. The summed E-state index contributed by atoms with van der Waals surface area (Å²) in [5.41, 5.74) is 1.66. The summed E-state index contributed by atoms with van der Waals surface area (Å²) in [6.07, 6.45) is 2.89. The number of carbonyl (C=O) groups is 2. The fourth-order valence-electron chi connectivity index (χ4n) is 2.90. The Labute approximate surface area is 175 Å². The summed E-state index contributed by atoms with van der Waals surface area (Å²) in [5, 5.41) is 0. The van der Waals surface area contributed by atoms with Crippen LogP contribution in [0.5, 0.6) is 17.2 Å². The molecule has 30 heavy (non-hydrogen) atoms. The van der Waals surface area contributed by atoms with Gasteiger partial charge in [-0.1, -0.05) is 24.3 Å². The summed E-state index contributed by atoms with van der Waals surface area (Å²) in [6, 6.07) is 12.9. The third kappa shape index (κ3) is 5.76. The Morgan fingerprint density at radius 1 is 1.10 bits per heavy atom. The first-order valence-corrected chi connectivity index (χ1v) is 9.76. The van der Waals surface area contributed by atoms with E-state index in [0.717, 1.165) is 11.1 Å². The van der Waals surface area contributed by atoms with Crippen LogP contribution in [0.15, 0.2) is 48.5 Å². The molecular formula is C23H25NO6. The number of ether oxygens (including phenoxy) is 4. The molecule has 1 amide bonds. The summed E-state index contributed by atoms with van der Waals surface area (Å²) >= 11 is 0. The van der Waals surface area contributed by atoms with Gasteiger partial charge in [-0.05, 0) is 36.8 Å². The van der Waals surface area contributed by atoms with Crippen LogP contribution in [0.4, 0.5) is 0 Å². The van der Waals surface area contributed by atoms with Crippen molar-refractivity contribution < 1.29 is 28.5 Å². The third-order valence-corrected chi connectivity index (χ3v) is 4.41. The van der Waals surface area contributed by atoms with E-state index in [9.17, 15) is 9.59 Å². The molecule has 1 aliphatic heterocycles.